The van der Waals surface area contributed by atoms with Gasteiger partial charge in [0.05, 0.1) is 11.2 Å². The van der Waals surface area contributed by atoms with E-state index < -0.39 is 11.4 Å². The first-order valence-corrected chi connectivity index (χ1v) is 8.23. The number of benzene rings is 1. The van der Waals surface area contributed by atoms with Crippen LogP contribution in [0.5, 0.6) is 0 Å². The van der Waals surface area contributed by atoms with Crippen molar-refractivity contribution in [1.82, 2.24) is 15.1 Å². The zero-order valence-corrected chi connectivity index (χ0v) is 16.0. The highest BCUT2D eigenvalue weighted by atomic mass is 35.5. The molecule has 1 heterocycles. The molecule has 0 fully saturated rings. The van der Waals surface area contributed by atoms with Crippen LogP contribution in [0.3, 0.4) is 0 Å². The van der Waals surface area contributed by atoms with Crippen molar-refractivity contribution in [1.29, 1.82) is 0 Å². The number of hydrogen-bond donors (Lipinski definition) is 3. The summed E-state index contributed by atoms with van der Waals surface area (Å²) >= 11 is 0. The molecule has 2 aromatic rings. The normalized spacial score (nSPS) is 13.0. The van der Waals surface area contributed by atoms with Gasteiger partial charge in [0, 0.05) is 12.6 Å². The molecule has 0 radical (unpaired) electrons. The molecule has 26 heavy (non-hydrogen) atoms. The predicted octanol–water partition coefficient (Wildman–Crippen LogP) is 1.89. The van der Waals surface area contributed by atoms with Crippen molar-refractivity contribution < 1.29 is 9.59 Å². The van der Waals surface area contributed by atoms with Gasteiger partial charge in [-0.2, -0.15) is 5.10 Å². The largest absolute Gasteiger partial charge is 0.364 e. The average Bonchev–Trinajstić information content (AvgIpc) is 3.00. The summed E-state index contributed by atoms with van der Waals surface area (Å²) in [5.41, 5.74) is 11.7. The summed E-state index contributed by atoms with van der Waals surface area (Å²) in [6, 6.07) is 10.4. The first-order chi connectivity index (χ1) is 11.8. The quantitative estimate of drug-likeness (QED) is 0.681. The first-order valence-electron chi connectivity index (χ1n) is 8.23. The van der Waals surface area contributed by atoms with Gasteiger partial charge in [-0.05, 0) is 31.4 Å². The fourth-order valence-corrected chi connectivity index (χ4v) is 2.86. The molecule has 0 saturated heterocycles. The van der Waals surface area contributed by atoms with E-state index in [1.165, 1.54) is 10.7 Å². The Hall–Kier alpha value is -2.38. The van der Waals surface area contributed by atoms with Crippen LogP contribution in [-0.4, -0.2) is 33.7 Å². The Balaban J connectivity index is 0.00000338. The maximum Gasteiger partial charge on any atom is 0.272 e. The summed E-state index contributed by atoms with van der Waals surface area (Å²) < 4.78 is 1.37. The lowest BCUT2D eigenvalue weighted by Crippen LogP contribution is -2.52. The molecule has 5 N–H and O–H groups in total. The second-order valence-corrected chi connectivity index (χ2v) is 6.84. The van der Waals surface area contributed by atoms with E-state index in [-0.39, 0.29) is 29.7 Å². The highest BCUT2D eigenvalue weighted by Gasteiger charge is 2.28. The summed E-state index contributed by atoms with van der Waals surface area (Å²) in [6.45, 7) is 6.33. The molecular weight excluding hydrogens is 354 g/mol. The van der Waals surface area contributed by atoms with E-state index in [2.05, 4.69) is 24.3 Å². The van der Waals surface area contributed by atoms with Crippen LogP contribution in [0.15, 0.2) is 36.4 Å². The second kappa shape index (κ2) is 8.82. The molecule has 1 atom stereocenters. The summed E-state index contributed by atoms with van der Waals surface area (Å²) in [5.74, 6) is -0.665. The molecule has 7 nitrogen and oxygen atoms in total. The minimum atomic E-state index is -0.654. The van der Waals surface area contributed by atoms with Crippen molar-refractivity contribution in [3.63, 3.8) is 0 Å². The number of carbonyl (C=O) groups excluding carboxylic acids is 2. The van der Waals surface area contributed by atoms with Gasteiger partial charge in [0.15, 0.2) is 5.69 Å². The van der Waals surface area contributed by atoms with Crippen LogP contribution in [-0.2, 0) is 0 Å². The molecule has 2 amide bonds. The van der Waals surface area contributed by atoms with Gasteiger partial charge in [0.1, 0.15) is 5.69 Å². The topological polar surface area (TPSA) is 116 Å². The second-order valence-electron chi connectivity index (χ2n) is 6.84. The zero-order chi connectivity index (χ0) is 18.6. The van der Waals surface area contributed by atoms with Gasteiger partial charge in [-0.3, -0.25) is 9.59 Å². The monoisotopic (exact) mass is 379 g/mol. The summed E-state index contributed by atoms with van der Waals surface area (Å²) in [5, 5.41) is 7.19. The molecule has 1 aromatic heterocycles. The summed E-state index contributed by atoms with van der Waals surface area (Å²) in [6.07, 6.45) is 0.733. The van der Waals surface area contributed by atoms with Crippen LogP contribution in [0.2, 0.25) is 0 Å². The maximum atomic E-state index is 12.6. The van der Waals surface area contributed by atoms with E-state index in [9.17, 15) is 9.59 Å². The number of amides is 2. The molecule has 0 bridgehead atoms. The lowest BCUT2D eigenvalue weighted by Gasteiger charge is -2.30. The molecule has 1 aromatic carbocycles. The lowest BCUT2D eigenvalue weighted by molar-refractivity contribution is 0.0892. The molecule has 8 heteroatoms. The predicted molar refractivity (Wildman–Crippen MR) is 104 cm³/mol. The van der Waals surface area contributed by atoms with Crippen molar-refractivity contribution in [2.75, 3.05) is 6.54 Å². The number of aromatic nitrogens is 2. The molecule has 0 aliphatic heterocycles. The number of nitrogens with two attached hydrogens (primary N) is 2. The molecule has 0 aliphatic carbocycles. The number of halogens is 1. The Kier molecular flexibility index (Phi) is 7.35. The van der Waals surface area contributed by atoms with Gasteiger partial charge in [-0.25, -0.2) is 4.68 Å². The highest BCUT2D eigenvalue weighted by molar-refractivity contribution is 5.98. The van der Waals surface area contributed by atoms with Crippen LogP contribution in [0, 0.1) is 5.92 Å². The molecule has 0 aliphatic rings. The van der Waals surface area contributed by atoms with Gasteiger partial charge in [-0.15, -0.1) is 12.4 Å². The zero-order valence-electron chi connectivity index (χ0n) is 15.2. The molecular formula is C18H26ClN5O2. The number of rotatable bonds is 7. The van der Waals surface area contributed by atoms with Crippen molar-refractivity contribution in [3.8, 4) is 5.69 Å². The standard InChI is InChI=1S/C18H25N5O2.ClH/c1-12(2)10-18(3,11-19)21-17(25)14-9-15(16(20)24)23(22-14)13-7-5-4-6-8-13;/h4-9,12H,10-11,19H2,1-3H3,(H2,20,24)(H,21,25);1H. The number of para-hydroxylation sites is 1. The Morgan fingerprint density at radius 2 is 1.88 bits per heavy atom. The van der Waals surface area contributed by atoms with Crippen molar-refractivity contribution in [2.24, 2.45) is 17.4 Å². The number of primary amides is 1. The summed E-state index contributed by atoms with van der Waals surface area (Å²) in [7, 11) is 0. The fraction of sp³-hybridized carbons (Fsp3) is 0.389. The van der Waals surface area contributed by atoms with Gasteiger partial charge in [0.25, 0.3) is 11.8 Å². The highest BCUT2D eigenvalue weighted by Crippen LogP contribution is 2.17. The van der Waals surface area contributed by atoms with Gasteiger partial charge >= 0.3 is 0 Å². The summed E-state index contributed by atoms with van der Waals surface area (Å²) in [4.78, 5) is 24.4. The van der Waals surface area contributed by atoms with Crippen LogP contribution < -0.4 is 16.8 Å². The van der Waals surface area contributed by atoms with E-state index in [1.807, 2.05) is 25.1 Å². The van der Waals surface area contributed by atoms with Crippen molar-refractivity contribution in [3.05, 3.63) is 47.8 Å². The maximum absolute atomic E-state index is 12.6. The molecule has 0 saturated carbocycles. The fourth-order valence-electron chi connectivity index (χ4n) is 2.86. The number of carbonyl (C=O) groups is 2. The van der Waals surface area contributed by atoms with E-state index in [1.54, 1.807) is 12.1 Å². The smallest absolute Gasteiger partial charge is 0.272 e. The van der Waals surface area contributed by atoms with E-state index in [0.29, 0.717) is 18.2 Å². The first kappa shape index (κ1) is 21.7. The van der Waals surface area contributed by atoms with Gasteiger partial charge in [0.2, 0.25) is 0 Å². The SMILES string of the molecule is CC(C)CC(C)(CN)NC(=O)c1cc(C(N)=O)n(-c2ccccc2)n1.Cl. The van der Waals surface area contributed by atoms with Crippen LogP contribution in [0.1, 0.15) is 48.2 Å². The van der Waals surface area contributed by atoms with Crippen LogP contribution in [0.4, 0.5) is 0 Å². The Morgan fingerprint density at radius 3 is 2.38 bits per heavy atom. The molecule has 142 valence electrons. The molecule has 2 rings (SSSR count). The Bertz CT molecular complexity index is 760. The van der Waals surface area contributed by atoms with Crippen molar-refractivity contribution >= 4 is 24.2 Å². The van der Waals surface area contributed by atoms with E-state index in [4.69, 9.17) is 11.5 Å². The average molecular weight is 380 g/mol. The minimum absolute atomic E-state index is 0. The van der Waals surface area contributed by atoms with Gasteiger partial charge in [-0.1, -0.05) is 32.0 Å². The minimum Gasteiger partial charge on any atom is -0.364 e. The molecule has 1 unspecified atom stereocenters. The van der Waals surface area contributed by atoms with Crippen LogP contribution >= 0.6 is 12.4 Å². The van der Waals surface area contributed by atoms with Crippen LogP contribution in [0.25, 0.3) is 5.69 Å². The third kappa shape index (κ3) is 5.06. The Morgan fingerprint density at radius 1 is 1.27 bits per heavy atom. The van der Waals surface area contributed by atoms with E-state index in [0.717, 1.165) is 6.42 Å². The molecule has 0 spiro atoms. The number of nitrogens with one attached hydrogen (secondary N) is 1. The van der Waals surface area contributed by atoms with Gasteiger partial charge < -0.3 is 16.8 Å². The third-order valence-corrected chi connectivity index (χ3v) is 3.92. The number of nitrogens with zero attached hydrogens (tertiary/aromatic N) is 2. The Labute approximate surface area is 159 Å². The lowest BCUT2D eigenvalue weighted by atomic mass is 9.90. The van der Waals surface area contributed by atoms with Crippen molar-refractivity contribution in [2.45, 2.75) is 32.7 Å². The number of hydrogen-bond acceptors (Lipinski definition) is 4. The van der Waals surface area contributed by atoms with E-state index >= 15 is 0 Å². The third-order valence-electron chi connectivity index (χ3n) is 3.92.